The van der Waals surface area contributed by atoms with E-state index in [0.717, 1.165) is 65.4 Å². The molecule has 2 aliphatic heterocycles. The van der Waals surface area contributed by atoms with E-state index in [2.05, 4.69) is 4.99 Å². The van der Waals surface area contributed by atoms with E-state index in [0.29, 0.717) is 6.61 Å². The molecule has 216 valence electrons. The molecule has 1 atom stereocenters. The summed E-state index contributed by atoms with van der Waals surface area (Å²) in [5.41, 5.74) is 4.80. The van der Waals surface area contributed by atoms with E-state index in [1.54, 1.807) is 30.5 Å². The molecule has 0 bridgehead atoms. The standard InChI is InChI=1S/C33H35N4O4S/c1-24-10-16-30(17-11-24)42(38,39)41-23-26-12-14-27(15-13-26)32-31-21-35-18-19-37(31,34)33(36-32)28-8-5-9-29(20-28)40-22-25-6-3-2-4-7-25/h2-11,16-21,26-27H,12-15,22-23,34H2,1H3/q+1. The fraction of sp³-hybridized carbons (Fsp3) is 0.273. The van der Waals surface area contributed by atoms with Crippen molar-refractivity contribution in [2.24, 2.45) is 27.7 Å². The van der Waals surface area contributed by atoms with E-state index in [-0.39, 0.29) is 27.9 Å². The summed E-state index contributed by atoms with van der Waals surface area (Å²) >= 11 is 0. The average Bonchev–Trinajstić information content (AvgIpc) is 3.33. The molecule has 1 aliphatic carbocycles. The molecule has 8 nitrogen and oxygen atoms in total. The first-order chi connectivity index (χ1) is 20.3. The number of nitrogens with zero attached hydrogens (tertiary/aromatic N) is 3. The van der Waals surface area contributed by atoms with Crippen LogP contribution < -0.4 is 10.6 Å². The van der Waals surface area contributed by atoms with Crippen LogP contribution >= 0.6 is 0 Å². The number of nitrogens with two attached hydrogens (primary N) is 1. The maximum atomic E-state index is 12.7. The van der Waals surface area contributed by atoms with Crippen LogP contribution in [0.15, 0.2) is 118 Å². The van der Waals surface area contributed by atoms with E-state index in [1.807, 2.05) is 73.9 Å². The number of hydrogen-bond acceptors (Lipinski definition) is 7. The number of aryl methyl sites for hydroxylation is 1. The second kappa shape index (κ2) is 11.8. The third kappa shape index (κ3) is 5.87. The topological polar surface area (TPSA) is 103 Å². The minimum Gasteiger partial charge on any atom is -0.489 e. The van der Waals surface area contributed by atoms with E-state index in [1.165, 1.54) is 0 Å². The van der Waals surface area contributed by atoms with Crippen molar-refractivity contribution in [3.05, 3.63) is 119 Å². The Morgan fingerprint density at radius 1 is 0.952 bits per heavy atom. The minimum atomic E-state index is -3.78. The predicted molar refractivity (Wildman–Crippen MR) is 163 cm³/mol. The van der Waals surface area contributed by atoms with Crippen molar-refractivity contribution in [2.45, 2.75) is 44.1 Å². The number of amidine groups is 1. The first-order valence-electron chi connectivity index (χ1n) is 14.3. The second-order valence-corrected chi connectivity index (χ2v) is 12.7. The highest BCUT2D eigenvalue weighted by atomic mass is 32.2. The molecule has 9 heteroatoms. The highest BCUT2D eigenvalue weighted by Crippen LogP contribution is 2.41. The minimum absolute atomic E-state index is 0.0429. The summed E-state index contributed by atoms with van der Waals surface area (Å²) in [5, 5.41) is 0. The molecule has 1 unspecified atom stereocenters. The number of aliphatic imine (C=N–C) groups is 2. The van der Waals surface area contributed by atoms with E-state index >= 15 is 0 Å². The van der Waals surface area contributed by atoms with E-state index in [9.17, 15) is 8.42 Å². The highest BCUT2D eigenvalue weighted by Gasteiger charge is 2.46. The van der Waals surface area contributed by atoms with Crippen LogP contribution in [0.3, 0.4) is 0 Å². The smallest absolute Gasteiger partial charge is 0.296 e. The van der Waals surface area contributed by atoms with Crippen molar-refractivity contribution >= 4 is 22.2 Å². The van der Waals surface area contributed by atoms with Gasteiger partial charge in [0.25, 0.3) is 16.0 Å². The quantitative estimate of drug-likeness (QED) is 0.189. The Morgan fingerprint density at radius 3 is 2.48 bits per heavy atom. The van der Waals surface area contributed by atoms with Crippen molar-refractivity contribution in [2.75, 3.05) is 6.61 Å². The highest BCUT2D eigenvalue weighted by molar-refractivity contribution is 7.86. The molecule has 1 saturated carbocycles. The lowest BCUT2D eigenvalue weighted by Crippen LogP contribution is -2.53. The molecule has 2 heterocycles. The van der Waals surface area contributed by atoms with Crippen LogP contribution in [0.25, 0.3) is 0 Å². The van der Waals surface area contributed by atoms with Crippen LogP contribution in [0.5, 0.6) is 5.75 Å². The van der Waals surface area contributed by atoms with E-state index < -0.39 is 10.1 Å². The number of hydrogen-bond donors (Lipinski definition) is 1. The Bertz CT molecular complexity index is 1670. The van der Waals surface area contributed by atoms with Crippen LogP contribution in [-0.4, -0.2) is 31.7 Å². The Labute approximate surface area is 247 Å². The molecule has 3 aromatic rings. The summed E-state index contributed by atoms with van der Waals surface area (Å²) in [6, 6.07) is 24.7. The lowest BCUT2D eigenvalue weighted by Gasteiger charge is -2.29. The van der Waals surface area contributed by atoms with Gasteiger partial charge in [0.05, 0.1) is 29.5 Å². The van der Waals surface area contributed by atoms with Crippen LogP contribution in [-0.2, 0) is 20.9 Å². The van der Waals surface area contributed by atoms with Crippen molar-refractivity contribution in [1.29, 1.82) is 0 Å². The van der Waals surface area contributed by atoms with Gasteiger partial charge in [0.1, 0.15) is 24.3 Å². The number of benzene rings is 3. The lowest BCUT2D eigenvalue weighted by atomic mass is 9.80. The number of rotatable bonds is 9. The molecule has 0 amide bonds. The van der Waals surface area contributed by atoms with Crippen LogP contribution in [0.1, 0.15) is 42.4 Å². The molecule has 0 aromatic heterocycles. The summed E-state index contributed by atoms with van der Waals surface area (Å²) in [6.45, 7) is 2.57. The van der Waals surface area contributed by atoms with Gasteiger partial charge in [0.2, 0.25) is 5.70 Å². The Hall–Kier alpha value is -3.89. The summed E-state index contributed by atoms with van der Waals surface area (Å²) in [5.74, 6) is 8.81. The number of fused-ring (bicyclic) bond motifs is 1. The van der Waals surface area contributed by atoms with Gasteiger partial charge in [-0.3, -0.25) is 9.18 Å². The molecular weight excluding hydrogens is 548 g/mol. The van der Waals surface area contributed by atoms with Crippen molar-refractivity contribution in [3.8, 4) is 5.75 Å². The zero-order valence-corrected chi connectivity index (χ0v) is 24.4. The molecule has 3 aromatic carbocycles. The average molecular weight is 584 g/mol. The SMILES string of the molecule is Cc1ccc(S(=O)(=O)OCC2CCC(C3=C4C=NC=C[N+]4(N)C(c4cccc(OCc5ccccc5)c4)=N3)CC2)cc1. The van der Waals surface area contributed by atoms with Gasteiger partial charge in [0.15, 0.2) is 0 Å². The van der Waals surface area contributed by atoms with Gasteiger partial charge in [-0.05, 0) is 74.4 Å². The summed E-state index contributed by atoms with van der Waals surface area (Å²) in [7, 11) is -3.78. The van der Waals surface area contributed by atoms with Gasteiger partial charge >= 0.3 is 0 Å². The Morgan fingerprint density at radius 2 is 1.71 bits per heavy atom. The third-order valence-corrected chi connectivity index (χ3v) is 9.46. The number of allylic oxidation sites excluding steroid dienone is 2. The molecule has 1 fully saturated rings. The maximum Gasteiger partial charge on any atom is 0.296 e. The van der Waals surface area contributed by atoms with Crippen LogP contribution in [0.2, 0.25) is 0 Å². The predicted octanol–water partition coefficient (Wildman–Crippen LogP) is 6.00. The third-order valence-electron chi connectivity index (χ3n) is 8.17. The number of ether oxygens (including phenoxy) is 1. The van der Waals surface area contributed by atoms with Gasteiger partial charge in [-0.25, -0.2) is 0 Å². The van der Waals surface area contributed by atoms with Gasteiger partial charge in [-0.15, -0.1) is 4.59 Å². The van der Waals surface area contributed by atoms with Crippen molar-refractivity contribution in [1.82, 2.24) is 0 Å². The van der Waals surface area contributed by atoms with Crippen LogP contribution in [0.4, 0.5) is 0 Å². The molecule has 2 N–H and O–H groups in total. The number of quaternary nitrogens is 1. The fourth-order valence-electron chi connectivity index (χ4n) is 5.73. The first kappa shape index (κ1) is 28.2. The molecule has 0 saturated heterocycles. The first-order valence-corrected chi connectivity index (χ1v) is 15.7. The molecule has 42 heavy (non-hydrogen) atoms. The molecule has 0 radical (unpaired) electrons. The molecule has 0 spiro atoms. The monoisotopic (exact) mass is 583 g/mol. The van der Waals surface area contributed by atoms with E-state index in [4.69, 9.17) is 19.8 Å². The largest absolute Gasteiger partial charge is 0.489 e. The maximum absolute atomic E-state index is 12.7. The summed E-state index contributed by atoms with van der Waals surface area (Å²) in [6.07, 6.45) is 8.80. The lowest BCUT2D eigenvalue weighted by molar-refractivity contribution is -0.750. The summed E-state index contributed by atoms with van der Waals surface area (Å²) < 4.78 is 36.8. The van der Waals surface area contributed by atoms with Crippen molar-refractivity contribution in [3.63, 3.8) is 0 Å². The van der Waals surface area contributed by atoms with Gasteiger partial charge in [0, 0.05) is 5.92 Å². The van der Waals surface area contributed by atoms with Crippen LogP contribution in [0, 0.1) is 18.8 Å². The Balaban J connectivity index is 1.14. The zero-order chi connectivity index (χ0) is 29.2. The Kier molecular flexibility index (Phi) is 7.92. The van der Waals surface area contributed by atoms with Crippen molar-refractivity contribution < 1.29 is 21.9 Å². The van der Waals surface area contributed by atoms with Gasteiger partial charge in [-0.1, -0.05) is 54.1 Å². The van der Waals surface area contributed by atoms with Gasteiger partial charge in [-0.2, -0.15) is 19.3 Å². The fourth-order valence-corrected chi connectivity index (χ4v) is 6.71. The van der Waals surface area contributed by atoms with Gasteiger partial charge < -0.3 is 4.74 Å². The molecular formula is C33H35N4O4S+. The second-order valence-electron chi connectivity index (χ2n) is 11.1. The molecule has 3 aliphatic rings. The normalized spacial score (nSPS) is 23.5. The molecule has 6 rings (SSSR count). The summed E-state index contributed by atoms with van der Waals surface area (Å²) in [4.78, 5) is 9.71. The zero-order valence-electron chi connectivity index (χ0n) is 23.6.